The molecule has 0 saturated heterocycles. The summed E-state index contributed by atoms with van der Waals surface area (Å²) in [6.45, 7) is 9.10. The Kier molecular flexibility index (Phi) is 20.1. The van der Waals surface area contributed by atoms with Crippen LogP contribution in [-0.2, 0) is 42.8 Å². The van der Waals surface area contributed by atoms with Crippen LogP contribution in [0.2, 0.25) is 0 Å². The largest absolute Gasteiger partial charge is 0.379 e. The molecule has 0 saturated carbocycles. The summed E-state index contributed by atoms with van der Waals surface area (Å²) in [4.78, 5) is 35.9. The highest BCUT2D eigenvalue weighted by atomic mass is 16.6. The zero-order valence-electron chi connectivity index (χ0n) is 21.0. The van der Waals surface area contributed by atoms with E-state index >= 15 is 0 Å². The molecule has 11 heteroatoms. The predicted octanol–water partition coefficient (Wildman–Crippen LogP) is 0.708. The first-order valence-electron chi connectivity index (χ1n) is 12.4. The van der Waals surface area contributed by atoms with Gasteiger partial charge in [0.1, 0.15) is 0 Å². The van der Waals surface area contributed by atoms with Gasteiger partial charge in [-0.05, 0) is 19.8 Å². The van der Waals surface area contributed by atoms with Gasteiger partial charge >= 0.3 is 0 Å². The van der Waals surface area contributed by atoms with Crippen LogP contribution < -0.4 is 5.32 Å². The molecule has 1 aliphatic heterocycles. The summed E-state index contributed by atoms with van der Waals surface area (Å²) in [6.07, 6.45) is 5.15. The molecule has 0 bridgehead atoms. The molecule has 1 aliphatic rings. The van der Waals surface area contributed by atoms with Crippen LogP contribution in [0.3, 0.4) is 0 Å². The van der Waals surface area contributed by atoms with Crippen molar-refractivity contribution in [3.8, 4) is 0 Å². The maximum absolute atomic E-state index is 11.8. The predicted molar refractivity (Wildman–Crippen MR) is 128 cm³/mol. The molecule has 11 nitrogen and oxygen atoms in total. The van der Waals surface area contributed by atoms with E-state index in [9.17, 15) is 14.4 Å². The van der Waals surface area contributed by atoms with Gasteiger partial charge in [0.25, 0.3) is 11.8 Å². The van der Waals surface area contributed by atoms with Gasteiger partial charge in [0.2, 0.25) is 5.91 Å². The van der Waals surface area contributed by atoms with Crippen molar-refractivity contribution in [2.45, 2.75) is 32.6 Å². The second-order valence-corrected chi connectivity index (χ2v) is 7.58. The average Bonchev–Trinajstić information content (AvgIpc) is 3.17. The molecule has 1 N–H and O–H groups in total. The van der Waals surface area contributed by atoms with E-state index in [1.54, 1.807) is 0 Å². The van der Waals surface area contributed by atoms with Crippen LogP contribution in [0.4, 0.5) is 0 Å². The van der Waals surface area contributed by atoms with E-state index < -0.39 is 0 Å². The molecule has 0 atom stereocenters. The fraction of sp³-hybridized carbons (Fsp3) is 0.792. The van der Waals surface area contributed by atoms with Crippen LogP contribution in [0.1, 0.15) is 32.6 Å². The number of unbranched alkanes of at least 4 members (excludes halogenated alkanes) is 2. The zero-order valence-corrected chi connectivity index (χ0v) is 21.0. The maximum Gasteiger partial charge on any atom is 0.253 e. The summed E-state index contributed by atoms with van der Waals surface area (Å²) >= 11 is 0. The monoisotopic (exact) mass is 502 g/mol. The van der Waals surface area contributed by atoms with E-state index in [0.29, 0.717) is 112 Å². The Balaban J connectivity index is 1.73. The molecule has 0 aromatic heterocycles. The number of carbonyl (C=O) groups is 3. The van der Waals surface area contributed by atoms with Crippen molar-refractivity contribution in [2.75, 3.05) is 92.4 Å². The standard InChI is InChI=1S/C24H42N2O9/c1-2-30-12-13-32-16-17-34-20-21-35-19-18-33-15-14-31-11-9-25-22(27)6-4-3-5-10-26-23(28)7-8-24(26)29/h7-8H,2-6,9-21H2,1H3,(H,25,27). The van der Waals surface area contributed by atoms with Crippen LogP contribution in [0.5, 0.6) is 0 Å². The quantitative estimate of drug-likeness (QED) is 0.142. The minimum absolute atomic E-state index is 0.0323. The van der Waals surface area contributed by atoms with Gasteiger partial charge < -0.3 is 33.7 Å². The highest BCUT2D eigenvalue weighted by Gasteiger charge is 2.22. The highest BCUT2D eigenvalue weighted by Crippen LogP contribution is 2.07. The summed E-state index contributed by atoms with van der Waals surface area (Å²) in [6, 6.07) is 0. The van der Waals surface area contributed by atoms with E-state index in [1.807, 2.05) is 6.92 Å². The first kappa shape index (κ1) is 31.1. The molecular weight excluding hydrogens is 460 g/mol. The van der Waals surface area contributed by atoms with Gasteiger partial charge in [-0.25, -0.2) is 0 Å². The Labute approximate surface area is 208 Å². The van der Waals surface area contributed by atoms with Crippen LogP contribution in [-0.4, -0.2) is 115 Å². The molecular formula is C24H42N2O9. The number of hydrogen-bond acceptors (Lipinski definition) is 9. The highest BCUT2D eigenvalue weighted by molar-refractivity contribution is 6.12. The van der Waals surface area contributed by atoms with Crippen molar-refractivity contribution in [3.05, 3.63) is 12.2 Å². The Bertz CT molecular complexity index is 584. The lowest BCUT2D eigenvalue weighted by Crippen LogP contribution is -2.31. The second-order valence-electron chi connectivity index (χ2n) is 7.58. The third-order valence-corrected chi connectivity index (χ3v) is 4.82. The minimum atomic E-state index is -0.265. The molecule has 3 amide bonds. The number of hydrogen-bond donors (Lipinski definition) is 1. The third-order valence-electron chi connectivity index (χ3n) is 4.82. The number of nitrogens with zero attached hydrogens (tertiary/aromatic N) is 1. The fourth-order valence-electron chi connectivity index (χ4n) is 2.98. The molecule has 0 unspecified atom stereocenters. The molecule has 0 aliphatic carbocycles. The summed E-state index contributed by atoms with van der Waals surface area (Å²) < 4.78 is 32.1. The van der Waals surface area contributed by atoms with E-state index in [0.717, 1.165) is 6.42 Å². The van der Waals surface area contributed by atoms with Crippen molar-refractivity contribution >= 4 is 17.7 Å². The fourth-order valence-corrected chi connectivity index (χ4v) is 2.98. The van der Waals surface area contributed by atoms with Gasteiger partial charge in [-0.15, -0.1) is 0 Å². The molecule has 0 spiro atoms. The average molecular weight is 503 g/mol. The van der Waals surface area contributed by atoms with Crippen molar-refractivity contribution in [1.29, 1.82) is 0 Å². The summed E-state index contributed by atoms with van der Waals surface area (Å²) in [5, 5.41) is 2.80. The first-order valence-corrected chi connectivity index (χ1v) is 12.4. The third kappa shape index (κ3) is 18.1. The van der Waals surface area contributed by atoms with E-state index in [1.165, 1.54) is 17.1 Å². The van der Waals surface area contributed by atoms with Crippen molar-refractivity contribution in [3.63, 3.8) is 0 Å². The molecule has 35 heavy (non-hydrogen) atoms. The molecule has 1 rings (SSSR count). The normalized spacial score (nSPS) is 13.2. The summed E-state index contributed by atoms with van der Waals surface area (Å²) in [5.41, 5.74) is 0. The molecule has 0 aromatic carbocycles. The van der Waals surface area contributed by atoms with E-state index in [4.69, 9.17) is 28.4 Å². The molecule has 0 fully saturated rings. The zero-order chi connectivity index (χ0) is 25.4. The number of nitrogens with one attached hydrogen (secondary N) is 1. The molecule has 202 valence electrons. The smallest absolute Gasteiger partial charge is 0.253 e. The topological polar surface area (TPSA) is 122 Å². The molecule has 1 heterocycles. The number of ether oxygens (including phenoxy) is 6. The van der Waals surface area contributed by atoms with E-state index in [2.05, 4.69) is 5.32 Å². The van der Waals surface area contributed by atoms with E-state index in [-0.39, 0.29) is 17.7 Å². The number of rotatable bonds is 25. The Morgan fingerprint density at radius 1 is 0.686 bits per heavy atom. The number of amides is 3. The second kappa shape index (κ2) is 22.6. The lowest BCUT2D eigenvalue weighted by atomic mass is 10.2. The van der Waals surface area contributed by atoms with Crippen molar-refractivity contribution < 1.29 is 42.8 Å². The van der Waals surface area contributed by atoms with Crippen LogP contribution in [0.25, 0.3) is 0 Å². The summed E-state index contributed by atoms with van der Waals surface area (Å²) in [5.74, 6) is -0.562. The molecule has 0 aromatic rings. The van der Waals surface area contributed by atoms with Crippen LogP contribution in [0, 0.1) is 0 Å². The lowest BCUT2D eigenvalue weighted by Gasteiger charge is -2.13. The number of imide groups is 1. The Morgan fingerprint density at radius 2 is 1.14 bits per heavy atom. The maximum atomic E-state index is 11.8. The first-order chi connectivity index (χ1) is 17.1. The Hall–Kier alpha value is -1.89. The molecule has 0 radical (unpaired) electrons. The number of carbonyl (C=O) groups excluding carboxylic acids is 3. The van der Waals surface area contributed by atoms with Gasteiger partial charge in [-0.2, -0.15) is 0 Å². The van der Waals surface area contributed by atoms with Crippen LogP contribution in [0.15, 0.2) is 12.2 Å². The van der Waals surface area contributed by atoms with Crippen LogP contribution >= 0.6 is 0 Å². The van der Waals surface area contributed by atoms with Gasteiger partial charge in [0, 0.05) is 38.3 Å². The van der Waals surface area contributed by atoms with Gasteiger partial charge in [-0.3, -0.25) is 19.3 Å². The van der Waals surface area contributed by atoms with Gasteiger partial charge in [0.15, 0.2) is 0 Å². The minimum Gasteiger partial charge on any atom is -0.379 e. The Morgan fingerprint density at radius 3 is 1.63 bits per heavy atom. The van der Waals surface area contributed by atoms with Crippen molar-refractivity contribution in [1.82, 2.24) is 10.2 Å². The SMILES string of the molecule is CCOCCOCCOCCOCCOCCOCCNC(=O)CCCCCN1C(=O)C=CC1=O. The van der Waals surface area contributed by atoms with Crippen molar-refractivity contribution in [2.24, 2.45) is 0 Å². The summed E-state index contributed by atoms with van der Waals surface area (Å²) in [7, 11) is 0. The van der Waals surface area contributed by atoms with Gasteiger partial charge in [0.05, 0.1) is 72.7 Å². The lowest BCUT2D eigenvalue weighted by molar-refractivity contribution is -0.137. The van der Waals surface area contributed by atoms with Gasteiger partial charge in [-0.1, -0.05) is 6.42 Å².